The number of hydrogen-bond acceptors (Lipinski definition) is 5. The Morgan fingerprint density at radius 1 is 1.06 bits per heavy atom. The maximum atomic E-state index is 11.1. The molecule has 4 fully saturated rings. The van der Waals surface area contributed by atoms with E-state index in [1.165, 1.54) is 32.1 Å². The van der Waals surface area contributed by atoms with Crippen LogP contribution < -0.4 is 0 Å². The van der Waals surface area contributed by atoms with Crippen LogP contribution in [0.15, 0.2) is 0 Å². The summed E-state index contributed by atoms with van der Waals surface area (Å²) in [4.78, 5) is 0. The van der Waals surface area contributed by atoms with Gasteiger partial charge in [0.15, 0.2) is 8.32 Å². The van der Waals surface area contributed by atoms with Gasteiger partial charge < -0.3 is 23.7 Å². The fraction of sp³-hybridized carbons (Fsp3) is 0.926. The quantitative estimate of drug-likeness (QED) is 0.449. The zero-order valence-electron chi connectivity index (χ0n) is 21.9. The highest BCUT2D eigenvalue weighted by Crippen LogP contribution is 2.65. The first-order valence-corrected chi connectivity index (χ1v) is 16.1. The van der Waals surface area contributed by atoms with Gasteiger partial charge in [-0.3, -0.25) is 0 Å². The van der Waals surface area contributed by atoms with Crippen molar-refractivity contribution in [2.45, 2.75) is 114 Å². The molecule has 6 heteroatoms. The smallest absolute Gasteiger partial charge is 0.201 e. The molecular formula is C27H46O5Si. The van der Waals surface area contributed by atoms with Crippen molar-refractivity contribution in [1.29, 1.82) is 0 Å². The van der Waals surface area contributed by atoms with E-state index in [1.807, 2.05) is 0 Å². The van der Waals surface area contributed by atoms with Crippen molar-refractivity contribution in [1.82, 2.24) is 0 Å². The Bertz CT molecular complexity index is 753. The molecule has 4 rings (SSSR count). The lowest BCUT2D eigenvalue weighted by Crippen LogP contribution is -2.79. The van der Waals surface area contributed by atoms with E-state index < -0.39 is 25.8 Å². The minimum atomic E-state index is -1.96. The molecule has 1 spiro atoms. The van der Waals surface area contributed by atoms with Crippen molar-refractivity contribution < 1.29 is 23.7 Å². The van der Waals surface area contributed by atoms with E-state index in [-0.39, 0.29) is 28.9 Å². The second-order valence-corrected chi connectivity index (χ2v) is 17.1. The Balaban J connectivity index is 1.62. The van der Waals surface area contributed by atoms with Crippen molar-refractivity contribution in [3.8, 4) is 11.8 Å². The first-order chi connectivity index (χ1) is 15.5. The Labute approximate surface area is 202 Å². The van der Waals surface area contributed by atoms with Gasteiger partial charge in [0.05, 0.1) is 25.2 Å². The summed E-state index contributed by atoms with van der Waals surface area (Å²) in [5.74, 6) is 7.05. The van der Waals surface area contributed by atoms with Gasteiger partial charge in [-0.05, 0) is 49.7 Å². The normalized spacial score (nSPS) is 37.7. The molecular weight excluding hydrogens is 432 g/mol. The van der Waals surface area contributed by atoms with Crippen LogP contribution in [0.1, 0.15) is 72.6 Å². The minimum absolute atomic E-state index is 0.0550. The van der Waals surface area contributed by atoms with Crippen LogP contribution in [0.25, 0.3) is 0 Å². The fourth-order valence-electron chi connectivity index (χ4n) is 6.74. The van der Waals surface area contributed by atoms with Crippen LogP contribution in [0.5, 0.6) is 0 Å². The van der Waals surface area contributed by atoms with Crippen LogP contribution in [-0.2, 0) is 18.6 Å². The third-order valence-corrected chi connectivity index (χ3v) is 14.1. The lowest BCUT2D eigenvalue weighted by atomic mass is 9.47. The molecule has 0 amide bonds. The largest absolute Gasteiger partial charge is 0.403 e. The number of ether oxygens (including phenoxy) is 3. The van der Waals surface area contributed by atoms with Gasteiger partial charge in [-0.25, -0.2) is 0 Å². The zero-order valence-corrected chi connectivity index (χ0v) is 22.9. The molecule has 0 aromatic carbocycles. The Kier molecular flexibility index (Phi) is 7.17. The van der Waals surface area contributed by atoms with Crippen LogP contribution in [0.4, 0.5) is 0 Å². The molecule has 3 saturated carbocycles. The lowest BCUT2D eigenvalue weighted by molar-refractivity contribution is -0.412. The monoisotopic (exact) mass is 478 g/mol. The van der Waals surface area contributed by atoms with Gasteiger partial charge in [-0.15, -0.1) is 0 Å². The van der Waals surface area contributed by atoms with Gasteiger partial charge in [0, 0.05) is 18.9 Å². The molecule has 5 nitrogen and oxygen atoms in total. The molecule has 0 aromatic heterocycles. The lowest BCUT2D eigenvalue weighted by Gasteiger charge is -2.67. The number of rotatable bonds is 4. The summed E-state index contributed by atoms with van der Waals surface area (Å²) in [6.07, 6.45) is 7.11. The summed E-state index contributed by atoms with van der Waals surface area (Å²) in [7, 11) is -0.200. The Hall–Kier alpha value is -0.423. The average molecular weight is 479 g/mol. The van der Waals surface area contributed by atoms with Gasteiger partial charge in [-0.2, -0.15) is 0 Å². The summed E-state index contributed by atoms with van der Waals surface area (Å²) < 4.78 is 25.4. The summed E-state index contributed by atoms with van der Waals surface area (Å²) in [5.41, 5.74) is -0.526. The third kappa shape index (κ3) is 4.15. The minimum Gasteiger partial charge on any atom is -0.403 e. The Morgan fingerprint density at radius 3 is 2.27 bits per heavy atom. The van der Waals surface area contributed by atoms with E-state index >= 15 is 0 Å². The van der Waals surface area contributed by atoms with Gasteiger partial charge >= 0.3 is 0 Å². The van der Waals surface area contributed by atoms with Gasteiger partial charge in [0.2, 0.25) is 5.79 Å². The highest BCUT2D eigenvalue weighted by Gasteiger charge is 2.77. The third-order valence-electron chi connectivity index (χ3n) is 9.66. The van der Waals surface area contributed by atoms with Crippen LogP contribution in [-0.4, -0.2) is 57.3 Å². The van der Waals surface area contributed by atoms with Crippen molar-refractivity contribution in [2.75, 3.05) is 20.3 Å². The molecule has 1 unspecified atom stereocenters. The predicted molar refractivity (Wildman–Crippen MR) is 132 cm³/mol. The van der Waals surface area contributed by atoms with Crippen molar-refractivity contribution in [3.05, 3.63) is 0 Å². The topological polar surface area (TPSA) is 57.2 Å². The summed E-state index contributed by atoms with van der Waals surface area (Å²) in [6.45, 7) is 14.9. The van der Waals surface area contributed by atoms with Gasteiger partial charge in [0.25, 0.3) is 0 Å². The second kappa shape index (κ2) is 9.22. The number of fused-ring (bicyclic) bond motifs is 2. The van der Waals surface area contributed by atoms with Crippen molar-refractivity contribution in [3.63, 3.8) is 0 Å². The summed E-state index contributed by atoms with van der Waals surface area (Å²) in [5, 5.41) is 11.2. The second-order valence-electron chi connectivity index (χ2n) is 12.4. The Morgan fingerprint density at radius 2 is 1.70 bits per heavy atom. The van der Waals surface area contributed by atoms with Crippen LogP contribution >= 0.6 is 0 Å². The first kappa shape index (κ1) is 25.7. The molecule has 1 aliphatic heterocycles. The van der Waals surface area contributed by atoms with E-state index in [9.17, 15) is 5.11 Å². The first-order valence-electron chi connectivity index (χ1n) is 13.2. The average Bonchev–Trinajstić information content (AvgIpc) is 3.30. The highest BCUT2D eigenvalue weighted by atomic mass is 28.4. The number of hydrogen-bond donors (Lipinski definition) is 1. The SMILES string of the molecule is CO[C@]12CC[C@@H](O)[C@H](C#C[C@@H](O[Si](C)(C)C(C)(C)C)C3CCCCC3)[C@H]1C(C)C21OCCO1. The van der Waals surface area contributed by atoms with Gasteiger partial charge in [0.1, 0.15) is 11.7 Å². The molecule has 0 radical (unpaired) electrons. The van der Waals surface area contributed by atoms with E-state index in [0.29, 0.717) is 25.6 Å². The van der Waals surface area contributed by atoms with E-state index in [1.54, 1.807) is 7.11 Å². The summed E-state index contributed by atoms with van der Waals surface area (Å²) >= 11 is 0. The maximum Gasteiger partial charge on any atom is 0.201 e. The van der Waals surface area contributed by atoms with E-state index in [2.05, 4.69) is 52.6 Å². The standard InChI is InChI=1S/C27H46O5Si/c1-19-24-21(22(28)15-16-26(24,29-5)27(19)30-17-18-31-27)13-14-23(20-11-9-8-10-12-20)32-33(6,7)25(2,3)4/h19-24,28H,8-12,15-18H2,1-7H3/t19?,21-,22+,23+,24+,26+/m0/s1. The molecule has 4 aliphatic rings. The van der Waals surface area contributed by atoms with Crippen molar-refractivity contribution in [2.24, 2.45) is 23.7 Å². The van der Waals surface area contributed by atoms with Crippen LogP contribution in [0.3, 0.4) is 0 Å². The summed E-state index contributed by atoms with van der Waals surface area (Å²) in [6, 6.07) is 0. The van der Waals surface area contributed by atoms with Crippen molar-refractivity contribution >= 4 is 8.32 Å². The molecule has 0 aromatic rings. The molecule has 33 heavy (non-hydrogen) atoms. The number of aliphatic hydroxyl groups excluding tert-OH is 1. The molecule has 1 saturated heterocycles. The van der Waals surface area contributed by atoms with Crippen LogP contribution in [0.2, 0.25) is 18.1 Å². The zero-order chi connectivity index (χ0) is 24.1. The fourth-order valence-corrected chi connectivity index (χ4v) is 7.98. The van der Waals surface area contributed by atoms with Crippen LogP contribution in [0, 0.1) is 35.5 Å². The highest BCUT2D eigenvalue weighted by molar-refractivity contribution is 6.74. The molecule has 0 bridgehead atoms. The van der Waals surface area contributed by atoms with E-state index in [0.717, 1.165) is 6.42 Å². The number of aliphatic hydroxyl groups is 1. The molecule has 1 heterocycles. The van der Waals surface area contributed by atoms with E-state index in [4.69, 9.17) is 18.6 Å². The molecule has 6 atom stereocenters. The molecule has 3 aliphatic carbocycles. The predicted octanol–water partition coefficient (Wildman–Crippen LogP) is 5.13. The number of methoxy groups -OCH3 is 1. The van der Waals surface area contributed by atoms with Gasteiger partial charge in [-0.1, -0.05) is 58.8 Å². The molecule has 188 valence electrons. The maximum absolute atomic E-state index is 11.1. The molecule has 1 N–H and O–H groups in total.